The minimum absolute atomic E-state index is 0.634. The third kappa shape index (κ3) is 2.75. The lowest BCUT2D eigenvalue weighted by Gasteiger charge is -2.01. The van der Waals surface area contributed by atoms with Gasteiger partial charge in [-0.3, -0.25) is 0 Å². The summed E-state index contributed by atoms with van der Waals surface area (Å²) >= 11 is 4.92. The first kappa shape index (κ1) is 7.09. The van der Waals surface area contributed by atoms with E-state index in [0.717, 1.165) is 4.86 Å². The van der Waals surface area contributed by atoms with Gasteiger partial charge in [0.1, 0.15) is 0 Å². The third-order valence-electron chi connectivity index (χ3n) is 1.31. The Bertz CT molecular complexity index is 66.6. The van der Waals surface area contributed by atoms with Crippen LogP contribution in [0.2, 0.25) is 0 Å². The zero-order valence-electron chi connectivity index (χ0n) is 5.19. The topological polar surface area (TPSA) is 0 Å². The first-order valence-corrected chi connectivity index (χ1v) is 3.09. The molecule has 0 saturated heterocycles. The summed E-state index contributed by atoms with van der Waals surface area (Å²) in [4.78, 5) is 1.13. The average Bonchev–Trinajstić information content (AvgIpc) is 1.65. The normalized spacial score (nSPS) is 13.6. The van der Waals surface area contributed by atoms with E-state index in [4.69, 9.17) is 12.2 Å². The van der Waals surface area contributed by atoms with E-state index in [1.807, 2.05) is 6.92 Å². The van der Waals surface area contributed by atoms with Crippen molar-refractivity contribution >= 4 is 17.1 Å². The van der Waals surface area contributed by atoms with E-state index in [2.05, 4.69) is 13.8 Å². The van der Waals surface area contributed by atoms with Crippen LogP contribution in [0, 0.1) is 5.92 Å². The molecule has 0 aromatic rings. The predicted molar refractivity (Wildman–Crippen MR) is 37.7 cm³/mol. The number of thiocarbonyl (C=S) groups is 1. The van der Waals surface area contributed by atoms with E-state index in [0.29, 0.717) is 5.92 Å². The maximum atomic E-state index is 4.92. The van der Waals surface area contributed by atoms with Crippen molar-refractivity contribution in [3.05, 3.63) is 0 Å². The summed E-state index contributed by atoms with van der Waals surface area (Å²) in [6, 6.07) is 0. The lowest BCUT2D eigenvalue weighted by Crippen LogP contribution is -2.00. The SMILES string of the molecule is CCC(C)C(C)=S. The molecule has 0 radical (unpaired) electrons. The second kappa shape index (κ2) is 3.14. The van der Waals surface area contributed by atoms with Crippen molar-refractivity contribution in [3.63, 3.8) is 0 Å². The van der Waals surface area contributed by atoms with Crippen LogP contribution in [0.5, 0.6) is 0 Å². The van der Waals surface area contributed by atoms with E-state index in [-0.39, 0.29) is 0 Å². The number of hydrogen-bond donors (Lipinski definition) is 0. The van der Waals surface area contributed by atoms with Gasteiger partial charge in [-0.15, -0.1) is 0 Å². The summed E-state index contributed by atoms with van der Waals surface area (Å²) in [5, 5.41) is 0. The zero-order valence-corrected chi connectivity index (χ0v) is 6.01. The Morgan fingerprint density at radius 2 is 2.14 bits per heavy atom. The average molecular weight is 116 g/mol. The largest absolute Gasteiger partial charge is 0.0897 e. The molecule has 0 N–H and O–H groups in total. The molecule has 0 heterocycles. The molecule has 0 aliphatic carbocycles. The summed E-state index contributed by atoms with van der Waals surface area (Å²) in [5.41, 5.74) is 0. The van der Waals surface area contributed by atoms with Gasteiger partial charge in [-0.2, -0.15) is 0 Å². The summed E-state index contributed by atoms with van der Waals surface area (Å²) in [6.07, 6.45) is 1.18. The molecule has 0 rings (SSSR count). The van der Waals surface area contributed by atoms with Gasteiger partial charge in [-0.05, 0) is 24.1 Å². The molecule has 7 heavy (non-hydrogen) atoms. The molecule has 0 aliphatic heterocycles. The van der Waals surface area contributed by atoms with E-state index in [1.165, 1.54) is 6.42 Å². The second-order valence-electron chi connectivity index (χ2n) is 1.92. The molecular formula is C6H12S. The first-order valence-electron chi connectivity index (χ1n) is 2.69. The third-order valence-corrected chi connectivity index (χ3v) is 1.71. The fraction of sp³-hybridized carbons (Fsp3) is 0.833. The van der Waals surface area contributed by atoms with Gasteiger partial charge in [0.25, 0.3) is 0 Å². The molecule has 1 atom stereocenters. The van der Waals surface area contributed by atoms with Crippen LogP contribution in [0.1, 0.15) is 27.2 Å². The Morgan fingerprint density at radius 1 is 1.71 bits per heavy atom. The van der Waals surface area contributed by atoms with Gasteiger partial charge in [0.15, 0.2) is 0 Å². The maximum Gasteiger partial charge on any atom is -0.00744 e. The number of hydrogen-bond acceptors (Lipinski definition) is 1. The fourth-order valence-corrected chi connectivity index (χ4v) is 0.454. The molecule has 0 aromatic heterocycles. The quantitative estimate of drug-likeness (QED) is 0.499. The zero-order chi connectivity index (χ0) is 5.86. The van der Waals surface area contributed by atoms with Gasteiger partial charge in [0, 0.05) is 0 Å². The molecule has 0 amide bonds. The summed E-state index contributed by atoms with van der Waals surface area (Å²) in [5.74, 6) is 0.634. The molecule has 0 nitrogen and oxygen atoms in total. The second-order valence-corrected chi connectivity index (χ2v) is 2.56. The minimum Gasteiger partial charge on any atom is -0.0897 e. The molecule has 42 valence electrons. The van der Waals surface area contributed by atoms with Crippen molar-refractivity contribution in [2.45, 2.75) is 27.2 Å². The lowest BCUT2D eigenvalue weighted by molar-refractivity contribution is 0.747. The standard InChI is InChI=1S/C6H12S/c1-4-5(2)6(3)7/h5H,4H2,1-3H3. The predicted octanol–water partition coefficient (Wildman–Crippen LogP) is 2.42. The molecule has 0 bridgehead atoms. The molecule has 0 fully saturated rings. The van der Waals surface area contributed by atoms with Crippen LogP contribution in [-0.2, 0) is 0 Å². The van der Waals surface area contributed by atoms with E-state index in [1.54, 1.807) is 0 Å². The van der Waals surface area contributed by atoms with Crippen molar-refractivity contribution in [3.8, 4) is 0 Å². The van der Waals surface area contributed by atoms with Crippen molar-refractivity contribution in [1.29, 1.82) is 0 Å². The van der Waals surface area contributed by atoms with Crippen LogP contribution in [0.15, 0.2) is 0 Å². The molecular weight excluding hydrogens is 104 g/mol. The van der Waals surface area contributed by atoms with Gasteiger partial charge in [0.2, 0.25) is 0 Å². The molecule has 1 heteroatoms. The Balaban J connectivity index is 3.34. The summed E-state index contributed by atoms with van der Waals surface area (Å²) in [7, 11) is 0. The molecule has 0 aliphatic rings. The van der Waals surface area contributed by atoms with Gasteiger partial charge in [-0.1, -0.05) is 26.1 Å². The van der Waals surface area contributed by atoms with Gasteiger partial charge >= 0.3 is 0 Å². The van der Waals surface area contributed by atoms with Crippen LogP contribution < -0.4 is 0 Å². The lowest BCUT2D eigenvalue weighted by atomic mass is 10.1. The van der Waals surface area contributed by atoms with Crippen LogP contribution in [-0.4, -0.2) is 4.86 Å². The fourth-order valence-electron chi connectivity index (χ4n) is 0.287. The van der Waals surface area contributed by atoms with Gasteiger partial charge < -0.3 is 0 Å². The van der Waals surface area contributed by atoms with Gasteiger partial charge in [0.05, 0.1) is 0 Å². The van der Waals surface area contributed by atoms with Crippen molar-refractivity contribution in [2.75, 3.05) is 0 Å². The Kier molecular flexibility index (Phi) is 3.18. The van der Waals surface area contributed by atoms with E-state index < -0.39 is 0 Å². The first-order chi connectivity index (χ1) is 3.18. The van der Waals surface area contributed by atoms with Crippen molar-refractivity contribution < 1.29 is 0 Å². The van der Waals surface area contributed by atoms with E-state index in [9.17, 15) is 0 Å². The maximum absolute atomic E-state index is 4.92. The van der Waals surface area contributed by atoms with E-state index >= 15 is 0 Å². The highest BCUT2D eigenvalue weighted by atomic mass is 32.1. The van der Waals surface area contributed by atoms with Crippen molar-refractivity contribution in [1.82, 2.24) is 0 Å². The Morgan fingerprint density at radius 3 is 2.14 bits per heavy atom. The number of rotatable bonds is 2. The van der Waals surface area contributed by atoms with Crippen LogP contribution in [0.25, 0.3) is 0 Å². The van der Waals surface area contributed by atoms with Crippen LogP contribution in [0.4, 0.5) is 0 Å². The minimum atomic E-state index is 0.634. The highest BCUT2D eigenvalue weighted by Crippen LogP contribution is 2.01. The monoisotopic (exact) mass is 116 g/mol. The smallest absolute Gasteiger partial charge is 0.00744 e. The Hall–Kier alpha value is 0.0900. The molecule has 1 unspecified atom stereocenters. The molecule has 0 saturated carbocycles. The highest BCUT2D eigenvalue weighted by Gasteiger charge is 1.96. The van der Waals surface area contributed by atoms with Gasteiger partial charge in [-0.25, -0.2) is 0 Å². The van der Waals surface area contributed by atoms with Crippen LogP contribution in [0.3, 0.4) is 0 Å². The Labute approximate surface area is 50.9 Å². The highest BCUT2D eigenvalue weighted by molar-refractivity contribution is 7.80. The summed E-state index contributed by atoms with van der Waals surface area (Å²) in [6.45, 7) is 6.31. The summed E-state index contributed by atoms with van der Waals surface area (Å²) < 4.78 is 0. The molecule has 0 aromatic carbocycles. The van der Waals surface area contributed by atoms with Crippen LogP contribution >= 0.6 is 12.2 Å². The molecule has 0 spiro atoms. The van der Waals surface area contributed by atoms with Crippen molar-refractivity contribution in [2.24, 2.45) is 5.92 Å².